The summed E-state index contributed by atoms with van der Waals surface area (Å²) in [7, 11) is 0. The molecule has 21 atom stereocenters. The zero-order valence-electron chi connectivity index (χ0n) is 30.2. The first-order valence-corrected chi connectivity index (χ1v) is 19.7. The molecule has 50 heavy (non-hydrogen) atoms. The summed E-state index contributed by atoms with van der Waals surface area (Å²) >= 11 is 0. The molecule has 0 amide bonds. The Kier molecular flexibility index (Phi) is 9.76. The minimum atomic E-state index is -1.52. The zero-order chi connectivity index (χ0) is 35.3. The zero-order valence-corrected chi connectivity index (χ0v) is 30.2. The summed E-state index contributed by atoms with van der Waals surface area (Å²) in [6.45, 7) is 10.1. The van der Waals surface area contributed by atoms with Gasteiger partial charge in [-0.1, -0.05) is 27.7 Å². The van der Waals surface area contributed by atoms with Gasteiger partial charge in [-0.2, -0.15) is 0 Å². The molecule has 4 aliphatic carbocycles. The van der Waals surface area contributed by atoms with E-state index in [0.717, 1.165) is 45.1 Å². The molecule has 286 valence electrons. The Morgan fingerprint density at radius 3 is 2.24 bits per heavy atom. The fourth-order valence-electron chi connectivity index (χ4n) is 12.8. The van der Waals surface area contributed by atoms with Crippen molar-refractivity contribution in [2.75, 3.05) is 19.8 Å². The van der Waals surface area contributed by atoms with Crippen molar-refractivity contribution in [3.05, 3.63) is 0 Å². The molecular weight excluding hydrogens is 648 g/mol. The number of rotatable bonds is 5. The molecule has 0 bridgehead atoms. The lowest BCUT2D eigenvalue weighted by Gasteiger charge is -2.61. The lowest BCUT2D eigenvalue weighted by molar-refractivity contribution is -0.331. The van der Waals surface area contributed by atoms with E-state index in [9.17, 15) is 30.6 Å². The first-order chi connectivity index (χ1) is 23.8. The molecule has 8 rings (SSSR count). The molecule has 0 aromatic carbocycles. The van der Waals surface area contributed by atoms with Gasteiger partial charge in [-0.15, -0.1) is 0 Å². The number of hydrogen-bond donors (Lipinski definition) is 6. The topological polar surface area (TPSA) is 177 Å². The molecule has 0 aromatic rings. The average molecular weight is 711 g/mol. The molecule has 12 heteroatoms. The maximum absolute atomic E-state index is 10.9. The van der Waals surface area contributed by atoms with Crippen LogP contribution in [0.3, 0.4) is 0 Å². The summed E-state index contributed by atoms with van der Waals surface area (Å²) in [4.78, 5) is 0. The van der Waals surface area contributed by atoms with E-state index < -0.39 is 55.3 Å². The summed E-state index contributed by atoms with van der Waals surface area (Å²) < 4.78 is 36.8. The highest BCUT2D eigenvalue weighted by atomic mass is 16.7. The molecule has 8 fully saturated rings. The summed E-state index contributed by atoms with van der Waals surface area (Å²) in [6.07, 6.45) is -0.982. The molecule has 0 aromatic heterocycles. The van der Waals surface area contributed by atoms with Crippen LogP contribution in [0.25, 0.3) is 0 Å². The Balaban J connectivity index is 0.889. The Morgan fingerprint density at radius 2 is 1.48 bits per heavy atom. The monoisotopic (exact) mass is 710 g/mol. The maximum Gasteiger partial charge on any atom is 0.186 e. The molecule has 4 aliphatic heterocycles. The standard InChI is InChI=1S/C38H62O12/c1-18-7-12-38(47-15-18)19(2)28-26(50-38)14-24-22-6-5-20-13-21(8-10-36(20,3)23(22)9-11-37(24,28)4)48-35-33(44)31(42)30(41)27(49-35)17-46-34-32(43)29(40)25(39)16-45-34/h18-35,39-44H,5-17H2,1-4H3/t18-,19-,20-,21-,22+,23-,24-,25+,26-,27+,28-,29-,30+,31-,32+,33+,34-,35+,36-,37-,38+/m0/s1. The number of aliphatic hydroxyl groups is 6. The molecule has 4 saturated heterocycles. The SMILES string of the molecule is C[C@H]1CC[C@@]2(OC1)O[C@H]1C[C@H]3[C@@H]4CC[C@H]5C[C@@H](O[C@@H]6O[C@H](CO[C@@H]7OC[C@@H](O)[C@H](O)[C@H]7O)[C@@H](O)[C@H](O)[C@H]6O)CC[C@]5(C)[C@H]4CC[C@]3(C)[C@H]1[C@@H]2C. The fraction of sp³-hybridized carbons (Fsp3) is 1.00. The summed E-state index contributed by atoms with van der Waals surface area (Å²) in [5, 5.41) is 62.2. The number of aliphatic hydroxyl groups excluding tert-OH is 6. The van der Waals surface area contributed by atoms with Crippen LogP contribution < -0.4 is 0 Å². The molecule has 8 aliphatic rings. The van der Waals surface area contributed by atoms with Gasteiger partial charge in [0.05, 0.1) is 32.0 Å². The van der Waals surface area contributed by atoms with E-state index in [2.05, 4.69) is 27.7 Å². The highest BCUT2D eigenvalue weighted by Crippen LogP contribution is 2.71. The minimum Gasteiger partial charge on any atom is -0.388 e. The largest absolute Gasteiger partial charge is 0.388 e. The van der Waals surface area contributed by atoms with Crippen molar-refractivity contribution in [3.63, 3.8) is 0 Å². The molecule has 4 heterocycles. The second-order valence-corrected chi connectivity index (χ2v) is 18.3. The molecule has 6 N–H and O–H groups in total. The Hall–Kier alpha value is -0.480. The smallest absolute Gasteiger partial charge is 0.186 e. The number of hydrogen-bond acceptors (Lipinski definition) is 12. The van der Waals surface area contributed by atoms with Crippen LogP contribution in [0, 0.1) is 52.3 Å². The predicted octanol–water partition coefficient (Wildman–Crippen LogP) is 2.08. The van der Waals surface area contributed by atoms with Crippen molar-refractivity contribution in [2.24, 2.45) is 52.3 Å². The van der Waals surface area contributed by atoms with Gasteiger partial charge in [-0.05, 0) is 104 Å². The van der Waals surface area contributed by atoms with Crippen molar-refractivity contribution in [1.29, 1.82) is 0 Å². The average Bonchev–Trinajstić information content (AvgIpc) is 3.54. The van der Waals surface area contributed by atoms with Gasteiger partial charge < -0.3 is 59.1 Å². The van der Waals surface area contributed by atoms with E-state index in [1.165, 1.54) is 25.7 Å². The molecule has 0 unspecified atom stereocenters. The third kappa shape index (κ3) is 5.77. The van der Waals surface area contributed by atoms with E-state index in [0.29, 0.717) is 47.5 Å². The Morgan fingerprint density at radius 1 is 0.720 bits per heavy atom. The second kappa shape index (κ2) is 13.4. The van der Waals surface area contributed by atoms with Crippen LogP contribution in [0.4, 0.5) is 0 Å². The van der Waals surface area contributed by atoms with Gasteiger partial charge in [-0.3, -0.25) is 0 Å². The predicted molar refractivity (Wildman–Crippen MR) is 177 cm³/mol. The van der Waals surface area contributed by atoms with Crippen molar-refractivity contribution in [2.45, 2.75) is 165 Å². The highest BCUT2D eigenvalue weighted by Gasteiger charge is 2.69. The quantitative estimate of drug-likeness (QED) is 0.230. The van der Waals surface area contributed by atoms with E-state index in [4.69, 9.17) is 28.4 Å². The van der Waals surface area contributed by atoms with Gasteiger partial charge in [0.25, 0.3) is 0 Å². The molecule has 0 radical (unpaired) electrons. The van der Waals surface area contributed by atoms with Crippen LogP contribution in [0.1, 0.15) is 91.9 Å². The van der Waals surface area contributed by atoms with E-state index in [-0.39, 0.29) is 35.9 Å². The summed E-state index contributed by atoms with van der Waals surface area (Å²) in [5.74, 6) is 3.74. The van der Waals surface area contributed by atoms with E-state index in [1.807, 2.05) is 0 Å². The molecular formula is C38H62O12. The van der Waals surface area contributed by atoms with Gasteiger partial charge in [-0.25, -0.2) is 0 Å². The number of fused-ring (bicyclic) bond motifs is 7. The Labute approximate surface area is 296 Å². The van der Waals surface area contributed by atoms with Crippen molar-refractivity contribution in [1.82, 2.24) is 0 Å². The van der Waals surface area contributed by atoms with Crippen molar-refractivity contribution >= 4 is 0 Å². The molecule has 12 nitrogen and oxygen atoms in total. The highest BCUT2D eigenvalue weighted by molar-refractivity contribution is 5.15. The van der Waals surface area contributed by atoms with Gasteiger partial charge in [0.1, 0.15) is 42.7 Å². The van der Waals surface area contributed by atoms with Crippen molar-refractivity contribution < 1.29 is 59.1 Å². The van der Waals surface area contributed by atoms with E-state index >= 15 is 0 Å². The van der Waals surface area contributed by atoms with Crippen LogP contribution in [-0.4, -0.2) is 124 Å². The van der Waals surface area contributed by atoms with Gasteiger partial charge in [0.2, 0.25) is 0 Å². The second-order valence-electron chi connectivity index (χ2n) is 18.3. The summed E-state index contributed by atoms with van der Waals surface area (Å²) in [6, 6.07) is 0. The van der Waals surface area contributed by atoms with Crippen LogP contribution in [-0.2, 0) is 28.4 Å². The fourth-order valence-corrected chi connectivity index (χ4v) is 12.8. The lowest BCUT2D eigenvalue weighted by Crippen LogP contribution is -2.61. The van der Waals surface area contributed by atoms with Gasteiger partial charge >= 0.3 is 0 Å². The van der Waals surface area contributed by atoms with Crippen LogP contribution in [0.5, 0.6) is 0 Å². The van der Waals surface area contributed by atoms with Gasteiger partial charge in [0, 0.05) is 12.3 Å². The van der Waals surface area contributed by atoms with Crippen molar-refractivity contribution in [3.8, 4) is 0 Å². The van der Waals surface area contributed by atoms with E-state index in [1.54, 1.807) is 0 Å². The minimum absolute atomic E-state index is 0.156. The van der Waals surface area contributed by atoms with Crippen LogP contribution in [0.2, 0.25) is 0 Å². The lowest BCUT2D eigenvalue weighted by atomic mass is 9.44. The third-order valence-electron chi connectivity index (χ3n) is 15.8. The molecule has 4 saturated carbocycles. The van der Waals surface area contributed by atoms with Crippen LogP contribution in [0.15, 0.2) is 0 Å². The summed E-state index contributed by atoms with van der Waals surface area (Å²) in [5.41, 5.74) is 0.502. The van der Waals surface area contributed by atoms with Gasteiger partial charge in [0.15, 0.2) is 18.4 Å². The Bertz CT molecular complexity index is 1210. The first kappa shape index (κ1) is 36.5. The third-order valence-corrected chi connectivity index (χ3v) is 15.8. The molecule has 1 spiro atoms. The normalized spacial score (nSPS) is 59.4. The first-order valence-electron chi connectivity index (χ1n) is 19.7. The number of ether oxygens (including phenoxy) is 6. The maximum atomic E-state index is 10.9. The van der Waals surface area contributed by atoms with Crippen LogP contribution >= 0.6 is 0 Å².